The third-order valence-electron chi connectivity index (χ3n) is 8.78. The first-order chi connectivity index (χ1) is 18.9. The Kier molecular flexibility index (Phi) is 6.03. The molecule has 0 aromatic heterocycles. The Bertz CT molecular complexity index is 1580. The second-order valence-electron chi connectivity index (χ2n) is 11.0. The van der Waals surface area contributed by atoms with Crippen LogP contribution < -0.4 is 9.64 Å². The van der Waals surface area contributed by atoms with Crippen LogP contribution in [-0.4, -0.2) is 25.5 Å². The van der Waals surface area contributed by atoms with Crippen LogP contribution in [0.5, 0.6) is 5.75 Å². The largest absolute Gasteiger partial charge is 0.497 e. The molecule has 2 aliphatic rings. The molecular formula is C36H33NO2. The van der Waals surface area contributed by atoms with E-state index in [0.717, 1.165) is 39.3 Å². The normalized spacial score (nSPS) is 21.2. The van der Waals surface area contributed by atoms with E-state index in [9.17, 15) is 4.79 Å². The number of rotatable bonds is 5. The highest BCUT2D eigenvalue weighted by Gasteiger charge is 2.62. The van der Waals surface area contributed by atoms with Gasteiger partial charge in [-0.25, -0.2) is 0 Å². The number of likely N-dealkylation sites (N-methyl/N-ethyl adjacent to an activating group) is 1. The minimum atomic E-state index is -0.654. The molecule has 0 unspecified atom stereocenters. The SMILES string of the molecule is COc1ccc(C2=CC(c3ccccc3)=C[C@]3([C@@H]2C(=O)c2ccccc2)N(C)c2ccccc2C3(C)C)cc1. The monoisotopic (exact) mass is 511 g/mol. The van der Waals surface area contributed by atoms with Crippen molar-refractivity contribution in [3.63, 3.8) is 0 Å². The van der Waals surface area contributed by atoms with E-state index in [0.29, 0.717) is 0 Å². The average molecular weight is 512 g/mol. The Morgan fingerprint density at radius 3 is 2.03 bits per heavy atom. The Morgan fingerprint density at radius 2 is 1.38 bits per heavy atom. The smallest absolute Gasteiger partial charge is 0.173 e. The summed E-state index contributed by atoms with van der Waals surface area (Å²) in [4.78, 5) is 17.1. The minimum absolute atomic E-state index is 0.119. The topological polar surface area (TPSA) is 29.5 Å². The maximum atomic E-state index is 14.8. The van der Waals surface area contributed by atoms with Gasteiger partial charge in [-0.15, -0.1) is 0 Å². The fourth-order valence-corrected chi connectivity index (χ4v) is 6.75. The van der Waals surface area contributed by atoms with Gasteiger partial charge < -0.3 is 9.64 Å². The van der Waals surface area contributed by atoms with Gasteiger partial charge in [-0.2, -0.15) is 0 Å². The molecule has 0 bridgehead atoms. The predicted molar refractivity (Wildman–Crippen MR) is 160 cm³/mol. The molecule has 1 heterocycles. The summed E-state index contributed by atoms with van der Waals surface area (Å²) in [5, 5.41) is 0. The molecule has 3 nitrogen and oxygen atoms in total. The summed E-state index contributed by atoms with van der Waals surface area (Å²) in [5.74, 6) is 0.460. The zero-order chi connectivity index (χ0) is 27.2. The van der Waals surface area contributed by atoms with Gasteiger partial charge in [0.25, 0.3) is 0 Å². The lowest BCUT2D eigenvalue weighted by atomic mass is 9.57. The van der Waals surface area contributed by atoms with Crippen molar-refractivity contribution >= 4 is 22.6 Å². The van der Waals surface area contributed by atoms with Crippen LogP contribution in [0.25, 0.3) is 11.1 Å². The number of ether oxygens (including phenoxy) is 1. The molecule has 0 radical (unpaired) electrons. The van der Waals surface area contributed by atoms with Crippen molar-refractivity contribution in [1.29, 1.82) is 0 Å². The number of ketones is 1. The summed E-state index contributed by atoms with van der Waals surface area (Å²) >= 11 is 0. The Morgan fingerprint density at radius 1 is 0.769 bits per heavy atom. The van der Waals surface area contributed by atoms with Gasteiger partial charge in [0.05, 0.1) is 18.6 Å². The van der Waals surface area contributed by atoms with E-state index in [1.807, 2.05) is 48.5 Å². The highest BCUT2D eigenvalue weighted by Crippen LogP contribution is 2.60. The molecule has 0 saturated carbocycles. The van der Waals surface area contributed by atoms with E-state index in [1.165, 1.54) is 5.56 Å². The lowest BCUT2D eigenvalue weighted by molar-refractivity contribution is 0.0885. The fourth-order valence-electron chi connectivity index (χ4n) is 6.75. The van der Waals surface area contributed by atoms with E-state index >= 15 is 0 Å². The lowest BCUT2D eigenvalue weighted by Crippen LogP contribution is -2.61. The molecule has 0 N–H and O–H groups in total. The number of benzene rings is 4. The Balaban J connectivity index is 1.67. The maximum absolute atomic E-state index is 14.8. The Labute approximate surface area is 231 Å². The molecular weight excluding hydrogens is 478 g/mol. The number of methoxy groups -OCH3 is 1. The van der Waals surface area contributed by atoms with Crippen LogP contribution in [0.3, 0.4) is 0 Å². The second kappa shape index (κ2) is 9.43. The molecule has 1 aliphatic heterocycles. The van der Waals surface area contributed by atoms with E-state index in [-0.39, 0.29) is 11.2 Å². The molecule has 0 saturated heterocycles. The summed E-state index contributed by atoms with van der Waals surface area (Å²) in [7, 11) is 3.82. The van der Waals surface area contributed by atoms with Gasteiger partial charge in [-0.05, 0) is 58.2 Å². The first-order valence-corrected chi connectivity index (χ1v) is 13.5. The van der Waals surface area contributed by atoms with Crippen molar-refractivity contribution < 1.29 is 9.53 Å². The number of fused-ring (bicyclic) bond motifs is 1. The van der Waals surface area contributed by atoms with Crippen LogP contribution >= 0.6 is 0 Å². The van der Waals surface area contributed by atoms with Crippen molar-refractivity contribution in [2.45, 2.75) is 24.8 Å². The van der Waals surface area contributed by atoms with Crippen molar-refractivity contribution in [3.8, 4) is 5.75 Å². The van der Waals surface area contributed by atoms with Gasteiger partial charge in [0.1, 0.15) is 5.75 Å². The lowest BCUT2D eigenvalue weighted by Gasteiger charge is -2.52. The van der Waals surface area contributed by atoms with Gasteiger partial charge in [-0.3, -0.25) is 4.79 Å². The quantitative estimate of drug-likeness (QED) is 0.256. The number of para-hydroxylation sites is 1. The van der Waals surface area contributed by atoms with Crippen molar-refractivity contribution in [1.82, 2.24) is 0 Å². The van der Waals surface area contributed by atoms with E-state index in [4.69, 9.17) is 4.74 Å². The molecule has 0 amide bonds. The molecule has 1 spiro atoms. The van der Waals surface area contributed by atoms with E-state index < -0.39 is 11.5 Å². The second-order valence-corrected chi connectivity index (χ2v) is 11.0. The molecule has 0 fully saturated rings. The summed E-state index contributed by atoms with van der Waals surface area (Å²) < 4.78 is 5.47. The highest BCUT2D eigenvalue weighted by molar-refractivity contribution is 6.10. The number of Topliss-reactive ketones (excluding diaryl/α,β-unsaturated/α-hetero) is 1. The van der Waals surface area contributed by atoms with Crippen LogP contribution in [0.15, 0.2) is 121 Å². The number of carbonyl (C=O) groups is 1. The number of allylic oxidation sites excluding steroid dienone is 2. The van der Waals surface area contributed by atoms with Gasteiger partial charge in [-0.1, -0.05) is 105 Å². The maximum Gasteiger partial charge on any atom is 0.173 e. The third-order valence-corrected chi connectivity index (χ3v) is 8.78. The molecule has 194 valence electrons. The number of nitrogens with zero attached hydrogens (tertiary/aromatic N) is 1. The zero-order valence-electron chi connectivity index (χ0n) is 22.9. The van der Waals surface area contributed by atoms with Crippen molar-refractivity contribution in [3.05, 3.63) is 144 Å². The first-order valence-electron chi connectivity index (χ1n) is 13.5. The van der Waals surface area contributed by atoms with Crippen LogP contribution in [-0.2, 0) is 5.41 Å². The van der Waals surface area contributed by atoms with Crippen molar-refractivity contribution in [2.75, 3.05) is 19.1 Å². The molecule has 39 heavy (non-hydrogen) atoms. The van der Waals surface area contributed by atoms with Crippen LogP contribution in [0.4, 0.5) is 5.69 Å². The van der Waals surface area contributed by atoms with Crippen LogP contribution in [0, 0.1) is 5.92 Å². The van der Waals surface area contributed by atoms with Crippen LogP contribution in [0.2, 0.25) is 0 Å². The van der Waals surface area contributed by atoms with Gasteiger partial charge in [0.2, 0.25) is 0 Å². The summed E-state index contributed by atoms with van der Waals surface area (Å²) in [5.41, 5.74) is 6.38. The first kappa shape index (κ1) is 24.9. The standard InChI is InChI=1S/C36H33NO2/c1-35(2)31-17-11-12-18-32(31)37(3)36(35)24-28(25-13-7-5-8-14-25)23-30(26-19-21-29(39-4)22-20-26)33(36)34(38)27-15-9-6-10-16-27/h5-24,33H,1-4H3/t33-,36+/m0/s1. The van der Waals surface area contributed by atoms with Gasteiger partial charge in [0, 0.05) is 23.7 Å². The highest BCUT2D eigenvalue weighted by atomic mass is 16.5. The Hall–Kier alpha value is -4.37. The van der Waals surface area contributed by atoms with E-state index in [2.05, 4.69) is 98.6 Å². The van der Waals surface area contributed by atoms with Crippen molar-refractivity contribution in [2.24, 2.45) is 5.92 Å². The molecule has 1 aliphatic carbocycles. The van der Waals surface area contributed by atoms with E-state index in [1.54, 1.807) is 7.11 Å². The summed E-state index contributed by atoms with van der Waals surface area (Å²) in [6, 6.07) is 36.9. The minimum Gasteiger partial charge on any atom is -0.497 e. The van der Waals surface area contributed by atoms with Gasteiger partial charge in [0.15, 0.2) is 5.78 Å². The molecule has 3 heteroatoms. The van der Waals surface area contributed by atoms with Crippen LogP contribution in [0.1, 0.15) is 40.9 Å². The third kappa shape index (κ3) is 3.76. The summed E-state index contributed by atoms with van der Waals surface area (Å²) in [6.07, 6.45) is 4.58. The number of anilines is 1. The average Bonchev–Trinajstić information content (AvgIpc) is 3.15. The number of hydrogen-bond acceptors (Lipinski definition) is 3. The molecule has 4 aromatic rings. The molecule has 2 atom stereocenters. The summed E-state index contributed by atoms with van der Waals surface area (Å²) in [6.45, 7) is 4.58. The number of hydrogen-bond donors (Lipinski definition) is 0. The molecule has 4 aromatic carbocycles. The zero-order valence-corrected chi connectivity index (χ0v) is 22.9. The number of carbonyl (C=O) groups excluding carboxylic acids is 1. The fraction of sp³-hybridized carbons (Fsp3) is 0.194. The predicted octanol–water partition coefficient (Wildman–Crippen LogP) is 7.84. The van der Waals surface area contributed by atoms with Gasteiger partial charge >= 0.3 is 0 Å². The molecule has 6 rings (SSSR count).